The number of likely N-dealkylation sites (tertiary alicyclic amines) is 1. The molecule has 150 valence electrons. The van der Waals surface area contributed by atoms with E-state index in [0.717, 1.165) is 24.2 Å². The predicted molar refractivity (Wildman–Crippen MR) is 114 cm³/mol. The normalized spacial score (nSPS) is 16.0. The summed E-state index contributed by atoms with van der Waals surface area (Å²) < 4.78 is 2.07. The summed E-state index contributed by atoms with van der Waals surface area (Å²) in [7, 11) is 0. The van der Waals surface area contributed by atoms with Crippen LogP contribution in [0.1, 0.15) is 40.3 Å². The van der Waals surface area contributed by atoms with Crippen molar-refractivity contribution in [3.8, 4) is 0 Å². The van der Waals surface area contributed by atoms with Crippen molar-refractivity contribution in [3.05, 3.63) is 96.0 Å². The standard InChI is InChI=1S/C24H23N5O/c1-18-25-15-19(16-26-18)23(30)28-13-10-24(11-14-28,20-7-3-2-4-8-20)21-17-29-12-6-5-9-22(29)27-21/h2-9,12,15-17H,10-11,13-14H2,1H3. The van der Waals surface area contributed by atoms with E-state index in [4.69, 9.17) is 4.98 Å². The Balaban J connectivity index is 1.48. The van der Waals surface area contributed by atoms with E-state index < -0.39 is 0 Å². The van der Waals surface area contributed by atoms with Gasteiger partial charge in [-0.15, -0.1) is 0 Å². The molecule has 0 saturated carbocycles. The van der Waals surface area contributed by atoms with Gasteiger partial charge in [0.15, 0.2) is 0 Å². The molecule has 4 aromatic rings. The molecule has 5 rings (SSSR count). The van der Waals surface area contributed by atoms with Gasteiger partial charge in [0.05, 0.1) is 11.3 Å². The van der Waals surface area contributed by atoms with E-state index in [1.54, 1.807) is 12.4 Å². The fourth-order valence-electron chi connectivity index (χ4n) is 4.39. The first-order chi connectivity index (χ1) is 14.7. The maximum absolute atomic E-state index is 13.0. The van der Waals surface area contributed by atoms with Crippen LogP contribution in [0.25, 0.3) is 5.65 Å². The highest BCUT2D eigenvalue weighted by atomic mass is 16.2. The number of amides is 1. The molecule has 3 aromatic heterocycles. The van der Waals surface area contributed by atoms with E-state index in [1.165, 1.54) is 5.56 Å². The van der Waals surface area contributed by atoms with Gasteiger partial charge in [-0.3, -0.25) is 4.79 Å². The highest BCUT2D eigenvalue weighted by molar-refractivity contribution is 5.93. The number of nitrogens with zero attached hydrogens (tertiary/aromatic N) is 5. The highest BCUT2D eigenvalue weighted by Crippen LogP contribution is 2.41. The third-order valence-corrected chi connectivity index (χ3v) is 6.11. The smallest absolute Gasteiger partial charge is 0.256 e. The topological polar surface area (TPSA) is 63.4 Å². The first-order valence-electron chi connectivity index (χ1n) is 10.2. The summed E-state index contributed by atoms with van der Waals surface area (Å²) in [6.45, 7) is 3.14. The van der Waals surface area contributed by atoms with E-state index in [-0.39, 0.29) is 11.3 Å². The zero-order chi connectivity index (χ0) is 20.6. The van der Waals surface area contributed by atoms with Crippen molar-refractivity contribution in [2.75, 3.05) is 13.1 Å². The van der Waals surface area contributed by atoms with E-state index >= 15 is 0 Å². The Bertz CT molecular complexity index is 1140. The van der Waals surface area contributed by atoms with Crippen LogP contribution in [-0.4, -0.2) is 43.2 Å². The van der Waals surface area contributed by atoms with E-state index in [9.17, 15) is 4.79 Å². The van der Waals surface area contributed by atoms with Crippen molar-refractivity contribution in [3.63, 3.8) is 0 Å². The minimum Gasteiger partial charge on any atom is -0.338 e. The molecule has 0 radical (unpaired) electrons. The molecule has 0 bridgehead atoms. The van der Waals surface area contributed by atoms with E-state index in [2.05, 4.69) is 44.8 Å². The Kier molecular flexibility index (Phi) is 4.54. The van der Waals surface area contributed by atoms with Gasteiger partial charge in [-0.25, -0.2) is 15.0 Å². The van der Waals surface area contributed by atoms with Crippen LogP contribution in [0.2, 0.25) is 0 Å². The number of hydrogen-bond acceptors (Lipinski definition) is 4. The summed E-state index contributed by atoms with van der Waals surface area (Å²) in [6, 6.07) is 16.6. The summed E-state index contributed by atoms with van der Waals surface area (Å²) in [5.41, 5.74) is 3.58. The molecule has 1 aliphatic heterocycles. The number of fused-ring (bicyclic) bond motifs is 1. The van der Waals surface area contributed by atoms with Crippen LogP contribution < -0.4 is 0 Å². The minimum absolute atomic E-state index is 0.00772. The van der Waals surface area contributed by atoms with Crippen molar-refractivity contribution < 1.29 is 4.79 Å². The number of aromatic nitrogens is 4. The highest BCUT2D eigenvalue weighted by Gasteiger charge is 2.41. The van der Waals surface area contributed by atoms with Crippen LogP contribution in [0.3, 0.4) is 0 Å². The molecule has 1 aliphatic rings. The Labute approximate surface area is 175 Å². The maximum atomic E-state index is 13.0. The largest absolute Gasteiger partial charge is 0.338 e. The third-order valence-electron chi connectivity index (χ3n) is 6.11. The second-order valence-electron chi connectivity index (χ2n) is 7.85. The first-order valence-corrected chi connectivity index (χ1v) is 10.2. The number of rotatable bonds is 3. The Morgan fingerprint density at radius 1 is 0.967 bits per heavy atom. The molecule has 1 saturated heterocycles. The molecule has 0 spiro atoms. The Morgan fingerprint density at radius 2 is 1.67 bits per heavy atom. The summed E-state index contributed by atoms with van der Waals surface area (Å²) in [4.78, 5) is 28.2. The molecule has 0 atom stereocenters. The number of piperidine rings is 1. The van der Waals surface area contributed by atoms with Crippen molar-refractivity contribution in [2.45, 2.75) is 25.2 Å². The lowest BCUT2D eigenvalue weighted by molar-refractivity contribution is 0.0683. The average molecular weight is 397 g/mol. The van der Waals surface area contributed by atoms with Gasteiger partial charge in [-0.05, 0) is 37.5 Å². The van der Waals surface area contributed by atoms with Crippen LogP contribution in [0.4, 0.5) is 0 Å². The summed E-state index contributed by atoms with van der Waals surface area (Å²) in [6.07, 6.45) is 9.03. The fourth-order valence-corrected chi connectivity index (χ4v) is 4.39. The summed E-state index contributed by atoms with van der Waals surface area (Å²) in [5.74, 6) is 0.659. The first kappa shape index (κ1) is 18.5. The molecular formula is C24H23N5O. The lowest BCUT2D eigenvalue weighted by Gasteiger charge is -2.41. The SMILES string of the molecule is Cc1ncc(C(=O)N2CCC(c3ccccc3)(c3cn4ccccc4n3)CC2)cn1. The molecule has 1 amide bonds. The summed E-state index contributed by atoms with van der Waals surface area (Å²) in [5, 5.41) is 0. The number of hydrogen-bond donors (Lipinski definition) is 0. The van der Waals surface area contributed by atoms with Crippen LogP contribution >= 0.6 is 0 Å². The minimum atomic E-state index is -0.214. The number of carbonyl (C=O) groups excluding carboxylic acids is 1. The van der Waals surface area contributed by atoms with Gasteiger partial charge in [0.2, 0.25) is 0 Å². The third kappa shape index (κ3) is 3.14. The van der Waals surface area contributed by atoms with Gasteiger partial charge in [0, 0.05) is 43.3 Å². The van der Waals surface area contributed by atoms with Gasteiger partial charge in [0.25, 0.3) is 5.91 Å². The second kappa shape index (κ2) is 7.37. The average Bonchev–Trinajstić information content (AvgIpc) is 3.25. The number of carbonyl (C=O) groups is 1. The fraction of sp³-hybridized carbons (Fsp3) is 0.250. The van der Waals surface area contributed by atoms with Crippen molar-refractivity contribution in [2.24, 2.45) is 0 Å². The van der Waals surface area contributed by atoms with Gasteiger partial charge in [-0.2, -0.15) is 0 Å². The van der Waals surface area contributed by atoms with Crippen LogP contribution in [-0.2, 0) is 5.41 Å². The van der Waals surface area contributed by atoms with Gasteiger partial charge >= 0.3 is 0 Å². The number of benzene rings is 1. The molecule has 6 heteroatoms. The van der Waals surface area contributed by atoms with E-state index in [1.807, 2.05) is 42.3 Å². The van der Waals surface area contributed by atoms with E-state index in [0.29, 0.717) is 24.5 Å². The number of pyridine rings is 1. The summed E-state index contributed by atoms with van der Waals surface area (Å²) >= 11 is 0. The number of imidazole rings is 1. The van der Waals surface area contributed by atoms with Crippen LogP contribution in [0.15, 0.2) is 73.3 Å². The molecule has 0 N–H and O–H groups in total. The molecule has 30 heavy (non-hydrogen) atoms. The lowest BCUT2D eigenvalue weighted by Crippen LogP contribution is -2.46. The maximum Gasteiger partial charge on any atom is 0.256 e. The monoisotopic (exact) mass is 397 g/mol. The van der Waals surface area contributed by atoms with Gasteiger partial charge in [-0.1, -0.05) is 36.4 Å². The van der Waals surface area contributed by atoms with Gasteiger partial charge < -0.3 is 9.30 Å². The lowest BCUT2D eigenvalue weighted by atomic mass is 9.70. The van der Waals surface area contributed by atoms with Crippen LogP contribution in [0, 0.1) is 6.92 Å². The van der Waals surface area contributed by atoms with Crippen molar-refractivity contribution in [1.29, 1.82) is 0 Å². The van der Waals surface area contributed by atoms with Crippen molar-refractivity contribution >= 4 is 11.6 Å². The quantitative estimate of drug-likeness (QED) is 0.529. The predicted octanol–water partition coefficient (Wildman–Crippen LogP) is 3.66. The number of aryl methyl sites for hydroxylation is 1. The Hall–Kier alpha value is -3.54. The second-order valence-corrected chi connectivity index (χ2v) is 7.85. The molecule has 6 nitrogen and oxygen atoms in total. The molecule has 1 fully saturated rings. The Morgan fingerprint density at radius 3 is 2.37 bits per heavy atom. The zero-order valence-corrected chi connectivity index (χ0v) is 16.9. The van der Waals surface area contributed by atoms with Crippen molar-refractivity contribution in [1.82, 2.24) is 24.3 Å². The zero-order valence-electron chi connectivity index (χ0n) is 16.9. The van der Waals surface area contributed by atoms with Gasteiger partial charge in [0.1, 0.15) is 11.5 Å². The molecule has 0 unspecified atom stereocenters. The van der Waals surface area contributed by atoms with Crippen LogP contribution in [0.5, 0.6) is 0 Å². The molecule has 0 aliphatic carbocycles. The molecule has 1 aromatic carbocycles. The molecular weight excluding hydrogens is 374 g/mol. The molecule has 4 heterocycles.